The summed E-state index contributed by atoms with van der Waals surface area (Å²) >= 11 is 0. The average molecular weight is 169 g/mol. The number of carbonyl (C=O) groups is 1. The second kappa shape index (κ2) is 3.34. The van der Waals surface area contributed by atoms with E-state index in [0.717, 1.165) is 6.39 Å². The first-order valence-electron chi connectivity index (χ1n) is 3.66. The maximum atomic E-state index is 11.4. The third-order valence-electron chi connectivity index (χ3n) is 1.64. The zero-order valence-corrected chi connectivity index (χ0v) is 7.31. The van der Waals surface area contributed by atoms with Gasteiger partial charge < -0.3 is 9.32 Å². The number of aromatic nitrogens is 2. The lowest BCUT2D eigenvalue weighted by atomic mass is 10.3. The van der Waals surface area contributed by atoms with Crippen molar-refractivity contribution in [2.45, 2.75) is 19.9 Å². The number of carbonyl (C=O) groups excluding carboxylic acids is 1. The average Bonchev–Trinajstić information content (AvgIpc) is 2.53. The monoisotopic (exact) mass is 169 g/mol. The molecular formula is C7H11N3O2. The summed E-state index contributed by atoms with van der Waals surface area (Å²) in [4.78, 5) is 12.9. The number of rotatable bonds is 2. The van der Waals surface area contributed by atoms with E-state index in [1.54, 1.807) is 7.05 Å². The normalized spacial score (nSPS) is 10.3. The standard InChI is InChI=1S/C7H11N3O2/c1-5(2)10(3)7(11)6-9-8-4-12-6/h4-5H,1-3H3. The highest BCUT2D eigenvalue weighted by atomic mass is 16.4. The van der Waals surface area contributed by atoms with E-state index in [9.17, 15) is 4.79 Å². The molecule has 66 valence electrons. The fourth-order valence-corrected chi connectivity index (χ4v) is 0.652. The minimum atomic E-state index is -0.248. The SMILES string of the molecule is CC(C)N(C)C(=O)c1nnco1. The van der Waals surface area contributed by atoms with E-state index in [1.807, 2.05) is 13.8 Å². The highest BCUT2D eigenvalue weighted by Crippen LogP contribution is 2.01. The van der Waals surface area contributed by atoms with Crippen molar-refractivity contribution in [3.63, 3.8) is 0 Å². The molecule has 0 radical (unpaired) electrons. The third kappa shape index (κ3) is 1.61. The van der Waals surface area contributed by atoms with Crippen molar-refractivity contribution >= 4 is 5.91 Å². The lowest BCUT2D eigenvalue weighted by Gasteiger charge is -2.18. The van der Waals surface area contributed by atoms with Crippen LogP contribution in [0.4, 0.5) is 0 Å². The van der Waals surface area contributed by atoms with E-state index in [0.29, 0.717) is 0 Å². The van der Waals surface area contributed by atoms with Crippen LogP contribution in [0.5, 0.6) is 0 Å². The van der Waals surface area contributed by atoms with Gasteiger partial charge in [-0.2, -0.15) is 0 Å². The molecule has 0 aliphatic carbocycles. The summed E-state index contributed by atoms with van der Waals surface area (Å²) < 4.78 is 4.75. The van der Waals surface area contributed by atoms with E-state index in [1.165, 1.54) is 4.90 Å². The van der Waals surface area contributed by atoms with E-state index >= 15 is 0 Å². The maximum Gasteiger partial charge on any atom is 0.311 e. The van der Waals surface area contributed by atoms with Gasteiger partial charge in [-0.25, -0.2) is 0 Å². The van der Waals surface area contributed by atoms with Gasteiger partial charge in [0.1, 0.15) is 0 Å². The molecule has 0 unspecified atom stereocenters. The molecule has 0 saturated carbocycles. The topological polar surface area (TPSA) is 59.2 Å². The fourth-order valence-electron chi connectivity index (χ4n) is 0.652. The van der Waals surface area contributed by atoms with Gasteiger partial charge in [-0.15, -0.1) is 10.2 Å². The molecule has 0 aliphatic rings. The Balaban J connectivity index is 2.72. The van der Waals surface area contributed by atoms with E-state index < -0.39 is 0 Å². The van der Waals surface area contributed by atoms with E-state index in [4.69, 9.17) is 4.42 Å². The Morgan fingerprint density at radius 1 is 1.67 bits per heavy atom. The fraction of sp³-hybridized carbons (Fsp3) is 0.571. The Bertz CT molecular complexity index is 256. The second-order valence-electron chi connectivity index (χ2n) is 2.75. The molecule has 1 rings (SSSR count). The van der Waals surface area contributed by atoms with Crippen LogP contribution in [-0.2, 0) is 0 Å². The predicted molar refractivity (Wildman–Crippen MR) is 41.5 cm³/mol. The van der Waals surface area contributed by atoms with Crippen molar-refractivity contribution < 1.29 is 9.21 Å². The van der Waals surface area contributed by atoms with Gasteiger partial charge in [0.25, 0.3) is 0 Å². The molecule has 0 bridgehead atoms. The number of hydrogen-bond acceptors (Lipinski definition) is 4. The molecular weight excluding hydrogens is 158 g/mol. The minimum absolute atomic E-state index is 0.0335. The van der Waals surface area contributed by atoms with Crippen molar-refractivity contribution in [1.29, 1.82) is 0 Å². The highest BCUT2D eigenvalue weighted by Gasteiger charge is 2.18. The summed E-state index contributed by atoms with van der Waals surface area (Å²) in [5.74, 6) is -0.214. The summed E-state index contributed by atoms with van der Waals surface area (Å²) in [5, 5.41) is 6.93. The molecule has 0 atom stereocenters. The zero-order valence-electron chi connectivity index (χ0n) is 7.31. The molecule has 0 N–H and O–H groups in total. The van der Waals surface area contributed by atoms with Crippen molar-refractivity contribution in [2.75, 3.05) is 7.05 Å². The van der Waals surface area contributed by atoms with Gasteiger partial charge in [-0.3, -0.25) is 4.79 Å². The molecule has 0 aliphatic heterocycles. The van der Waals surface area contributed by atoms with Crippen molar-refractivity contribution in [2.24, 2.45) is 0 Å². The van der Waals surface area contributed by atoms with Gasteiger partial charge in [0.05, 0.1) is 0 Å². The number of amides is 1. The van der Waals surface area contributed by atoms with Crippen molar-refractivity contribution in [1.82, 2.24) is 15.1 Å². The van der Waals surface area contributed by atoms with Crippen molar-refractivity contribution in [3.05, 3.63) is 12.3 Å². The van der Waals surface area contributed by atoms with Crippen LogP contribution >= 0.6 is 0 Å². The van der Waals surface area contributed by atoms with Gasteiger partial charge in [0.2, 0.25) is 6.39 Å². The highest BCUT2D eigenvalue weighted by molar-refractivity contribution is 5.89. The summed E-state index contributed by atoms with van der Waals surface area (Å²) in [7, 11) is 1.69. The van der Waals surface area contributed by atoms with Crippen LogP contribution in [0.25, 0.3) is 0 Å². The third-order valence-corrected chi connectivity index (χ3v) is 1.64. The van der Waals surface area contributed by atoms with Gasteiger partial charge in [0, 0.05) is 13.1 Å². The van der Waals surface area contributed by atoms with Crippen molar-refractivity contribution in [3.8, 4) is 0 Å². The summed E-state index contributed by atoms with van der Waals surface area (Å²) in [6.07, 6.45) is 1.14. The molecule has 0 aromatic carbocycles. The Morgan fingerprint density at radius 2 is 2.33 bits per heavy atom. The zero-order chi connectivity index (χ0) is 9.14. The van der Waals surface area contributed by atoms with Crippen LogP contribution in [0.15, 0.2) is 10.8 Å². The summed E-state index contributed by atoms with van der Waals surface area (Å²) in [6, 6.07) is 0.129. The smallest absolute Gasteiger partial charge is 0.311 e. The van der Waals surface area contributed by atoms with Crippen LogP contribution < -0.4 is 0 Å². The van der Waals surface area contributed by atoms with Crippen LogP contribution in [0.3, 0.4) is 0 Å². The van der Waals surface area contributed by atoms with Crippen LogP contribution in [-0.4, -0.2) is 34.1 Å². The van der Waals surface area contributed by atoms with Gasteiger partial charge in [-0.05, 0) is 13.8 Å². The van der Waals surface area contributed by atoms with Gasteiger partial charge in [-0.1, -0.05) is 0 Å². The molecule has 1 amide bonds. The molecule has 0 fully saturated rings. The summed E-state index contributed by atoms with van der Waals surface area (Å²) in [6.45, 7) is 3.82. The van der Waals surface area contributed by atoms with E-state index in [-0.39, 0.29) is 17.8 Å². The predicted octanol–water partition coefficient (Wildman–Crippen LogP) is 0.550. The lowest BCUT2D eigenvalue weighted by molar-refractivity contribution is 0.0714. The first kappa shape index (κ1) is 8.70. The maximum absolute atomic E-state index is 11.4. The molecule has 5 nitrogen and oxygen atoms in total. The van der Waals surface area contributed by atoms with E-state index in [2.05, 4.69) is 10.2 Å². The largest absolute Gasteiger partial charge is 0.420 e. The Morgan fingerprint density at radius 3 is 2.75 bits per heavy atom. The molecule has 0 spiro atoms. The van der Waals surface area contributed by atoms with Crippen LogP contribution in [0.2, 0.25) is 0 Å². The quantitative estimate of drug-likeness (QED) is 0.648. The second-order valence-corrected chi connectivity index (χ2v) is 2.75. The molecule has 1 heterocycles. The molecule has 12 heavy (non-hydrogen) atoms. The van der Waals surface area contributed by atoms with Gasteiger partial charge >= 0.3 is 11.8 Å². The molecule has 0 saturated heterocycles. The van der Waals surface area contributed by atoms with Crippen LogP contribution in [0, 0.1) is 0 Å². The minimum Gasteiger partial charge on any atom is -0.420 e. The Hall–Kier alpha value is -1.39. The number of nitrogens with zero attached hydrogens (tertiary/aromatic N) is 3. The Kier molecular flexibility index (Phi) is 2.42. The molecule has 5 heteroatoms. The molecule has 1 aromatic heterocycles. The number of hydrogen-bond donors (Lipinski definition) is 0. The lowest BCUT2D eigenvalue weighted by Crippen LogP contribution is -2.33. The first-order valence-corrected chi connectivity index (χ1v) is 3.66. The van der Waals surface area contributed by atoms with Gasteiger partial charge in [0.15, 0.2) is 0 Å². The van der Waals surface area contributed by atoms with Crippen LogP contribution in [0.1, 0.15) is 24.5 Å². The molecule has 1 aromatic rings. The first-order chi connectivity index (χ1) is 5.63. The summed E-state index contributed by atoms with van der Waals surface area (Å²) in [5.41, 5.74) is 0. The Labute approximate surface area is 70.4 Å².